The summed E-state index contributed by atoms with van der Waals surface area (Å²) in [6.45, 7) is 14.0. The SMILES string of the molecule is C=CC.C=CC(=C)COCc1cc2ccc(Cl)cc2n(CCOc2ccccc2)c1=O. The van der Waals surface area contributed by atoms with Gasteiger partial charge in [-0.2, -0.15) is 0 Å². The van der Waals surface area contributed by atoms with E-state index >= 15 is 0 Å². The number of halogens is 1. The molecule has 0 aliphatic rings. The lowest BCUT2D eigenvalue weighted by molar-refractivity contribution is 0.143. The summed E-state index contributed by atoms with van der Waals surface area (Å²) < 4.78 is 13.1. The van der Waals surface area contributed by atoms with E-state index in [-0.39, 0.29) is 12.2 Å². The van der Waals surface area contributed by atoms with Crippen molar-refractivity contribution in [1.82, 2.24) is 4.57 Å². The number of hydrogen-bond donors (Lipinski definition) is 0. The van der Waals surface area contributed by atoms with Gasteiger partial charge in [0.25, 0.3) is 5.56 Å². The minimum atomic E-state index is -0.115. The monoisotopic (exact) mass is 437 g/mol. The van der Waals surface area contributed by atoms with Gasteiger partial charge >= 0.3 is 0 Å². The molecule has 0 amide bonds. The fourth-order valence-corrected chi connectivity index (χ4v) is 3.02. The van der Waals surface area contributed by atoms with Gasteiger partial charge in [-0.15, -0.1) is 6.58 Å². The maximum absolute atomic E-state index is 13.0. The molecule has 0 atom stereocenters. The average molecular weight is 438 g/mol. The van der Waals surface area contributed by atoms with Crippen LogP contribution in [0, 0.1) is 0 Å². The third-order valence-electron chi connectivity index (χ3n) is 4.29. The van der Waals surface area contributed by atoms with Crippen LogP contribution in [0.2, 0.25) is 5.02 Å². The smallest absolute Gasteiger partial charge is 0.256 e. The molecule has 0 saturated heterocycles. The van der Waals surface area contributed by atoms with Crippen molar-refractivity contribution in [2.45, 2.75) is 20.1 Å². The fourth-order valence-electron chi connectivity index (χ4n) is 2.85. The number of ether oxygens (including phenoxy) is 2. The lowest BCUT2D eigenvalue weighted by Gasteiger charge is -2.14. The number of fused-ring (bicyclic) bond motifs is 1. The summed E-state index contributed by atoms with van der Waals surface area (Å²) in [6.07, 6.45) is 3.39. The van der Waals surface area contributed by atoms with Crippen LogP contribution in [0.1, 0.15) is 12.5 Å². The van der Waals surface area contributed by atoms with Crippen LogP contribution in [0.3, 0.4) is 0 Å². The van der Waals surface area contributed by atoms with E-state index in [2.05, 4.69) is 19.7 Å². The molecule has 0 radical (unpaired) electrons. The Bertz CT molecular complexity index is 1090. The van der Waals surface area contributed by atoms with Crippen LogP contribution in [0.15, 0.2) is 96.9 Å². The van der Waals surface area contributed by atoms with Gasteiger partial charge in [0.05, 0.1) is 25.3 Å². The molecule has 1 aromatic heterocycles. The van der Waals surface area contributed by atoms with Crippen LogP contribution >= 0.6 is 11.6 Å². The van der Waals surface area contributed by atoms with E-state index in [0.717, 1.165) is 22.2 Å². The molecule has 0 saturated carbocycles. The van der Waals surface area contributed by atoms with Gasteiger partial charge in [-0.25, -0.2) is 0 Å². The fraction of sp³-hybridized carbons (Fsp3) is 0.192. The molecule has 2 aromatic carbocycles. The highest BCUT2D eigenvalue weighted by Crippen LogP contribution is 2.20. The maximum Gasteiger partial charge on any atom is 0.256 e. The number of allylic oxidation sites excluding steroid dienone is 1. The molecule has 1 heterocycles. The zero-order valence-electron chi connectivity index (χ0n) is 17.9. The standard InChI is InChI=1S/C23H22ClNO3.C3H6/c1-3-17(2)15-27-16-19-13-18-9-10-20(24)14-22(18)25(23(19)26)11-12-28-21-7-5-4-6-8-21;1-3-2/h3-10,13-14H,1-2,11-12,15-16H2;3H,1H2,2H3. The normalized spacial score (nSPS) is 10.1. The van der Waals surface area contributed by atoms with E-state index in [1.165, 1.54) is 0 Å². The topological polar surface area (TPSA) is 40.5 Å². The van der Waals surface area contributed by atoms with Crippen molar-refractivity contribution in [1.29, 1.82) is 0 Å². The summed E-state index contributed by atoms with van der Waals surface area (Å²) in [5.74, 6) is 0.764. The Morgan fingerprint density at radius 1 is 1.13 bits per heavy atom. The van der Waals surface area contributed by atoms with Crippen LogP contribution < -0.4 is 10.3 Å². The van der Waals surface area contributed by atoms with Crippen molar-refractivity contribution < 1.29 is 9.47 Å². The number of rotatable bonds is 9. The number of para-hydroxylation sites is 1. The van der Waals surface area contributed by atoms with Gasteiger partial charge in [-0.1, -0.05) is 61.2 Å². The van der Waals surface area contributed by atoms with Crippen LogP contribution in [0.5, 0.6) is 5.75 Å². The Hall–Kier alpha value is -3.08. The first kappa shape index (κ1) is 24.2. The lowest BCUT2D eigenvalue weighted by Crippen LogP contribution is -2.27. The highest BCUT2D eigenvalue weighted by molar-refractivity contribution is 6.31. The second-order valence-electron chi connectivity index (χ2n) is 6.75. The van der Waals surface area contributed by atoms with Crippen molar-refractivity contribution in [2.24, 2.45) is 0 Å². The minimum Gasteiger partial charge on any atom is -0.492 e. The second-order valence-corrected chi connectivity index (χ2v) is 7.19. The molecule has 0 fully saturated rings. The van der Waals surface area contributed by atoms with E-state index in [9.17, 15) is 4.79 Å². The minimum absolute atomic E-state index is 0.115. The number of pyridine rings is 1. The third kappa shape index (κ3) is 7.28. The lowest BCUT2D eigenvalue weighted by atomic mass is 10.1. The van der Waals surface area contributed by atoms with Gasteiger partial charge < -0.3 is 14.0 Å². The molecule has 3 aromatic rings. The second kappa shape index (κ2) is 12.6. The van der Waals surface area contributed by atoms with Crippen molar-refractivity contribution >= 4 is 22.5 Å². The van der Waals surface area contributed by atoms with Crippen LogP contribution in [0.25, 0.3) is 10.9 Å². The van der Waals surface area contributed by atoms with Gasteiger partial charge in [-0.3, -0.25) is 4.79 Å². The van der Waals surface area contributed by atoms with Crippen LogP contribution in [0.4, 0.5) is 0 Å². The predicted octanol–water partition coefficient (Wildman–Crippen LogP) is 6.19. The average Bonchev–Trinajstić information content (AvgIpc) is 2.77. The van der Waals surface area contributed by atoms with E-state index in [4.69, 9.17) is 21.1 Å². The molecule has 162 valence electrons. The number of benzene rings is 2. The van der Waals surface area contributed by atoms with Gasteiger partial charge in [0.15, 0.2) is 0 Å². The molecule has 4 nitrogen and oxygen atoms in total. The highest BCUT2D eigenvalue weighted by Gasteiger charge is 2.11. The van der Waals surface area contributed by atoms with Gasteiger partial charge in [0.1, 0.15) is 12.4 Å². The number of hydrogen-bond acceptors (Lipinski definition) is 3. The molecule has 5 heteroatoms. The number of nitrogens with zero attached hydrogens (tertiary/aromatic N) is 1. The summed E-state index contributed by atoms with van der Waals surface area (Å²) >= 11 is 6.16. The summed E-state index contributed by atoms with van der Waals surface area (Å²) in [5.41, 5.74) is 2.00. The van der Waals surface area contributed by atoms with E-state index in [1.54, 1.807) is 22.8 Å². The van der Waals surface area contributed by atoms with Crippen molar-refractivity contribution in [3.05, 3.63) is 113 Å². The first-order valence-electron chi connectivity index (χ1n) is 9.95. The molecule has 0 aliphatic heterocycles. The number of aromatic nitrogens is 1. The zero-order chi connectivity index (χ0) is 22.6. The Labute approximate surface area is 188 Å². The Kier molecular flexibility index (Phi) is 9.82. The van der Waals surface area contributed by atoms with Gasteiger partial charge in [0.2, 0.25) is 0 Å². The molecule has 3 rings (SSSR count). The zero-order valence-corrected chi connectivity index (χ0v) is 18.6. The van der Waals surface area contributed by atoms with Crippen molar-refractivity contribution in [3.63, 3.8) is 0 Å². The third-order valence-corrected chi connectivity index (χ3v) is 4.53. The molecular formula is C26H28ClNO3. The molecule has 31 heavy (non-hydrogen) atoms. The Morgan fingerprint density at radius 3 is 2.52 bits per heavy atom. The largest absolute Gasteiger partial charge is 0.492 e. The predicted molar refractivity (Wildman–Crippen MR) is 130 cm³/mol. The van der Waals surface area contributed by atoms with Gasteiger partial charge in [-0.05, 0) is 48.2 Å². The van der Waals surface area contributed by atoms with E-state index < -0.39 is 0 Å². The Morgan fingerprint density at radius 2 is 1.84 bits per heavy atom. The van der Waals surface area contributed by atoms with Crippen LogP contribution in [-0.4, -0.2) is 17.8 Å². The summed E-state index contributed by atoms with van der Waals surface area (Å²) in [4.78, 5) is 13.0. The van der Waals surface area contributed by atoms with Crippen molar-refractivity contribution in [3.8, 4) is 5.75 Å². The van der Waals surface area contributed by atoms with E-state index in [0.29, 0.717) is 30.3 Å². The maximum atomic E-state index is 13.0. The molecule has 0 N–H and O–H groups in total. The Balaban J connectivity index is 0.00000107. The van der Waals surface area contributed by atoms with E-state index in [1.807, 2.05) is 55.5 Å². The van der Waals surface area contributed by atoms with Gasteiger partial charge in [0, 0.05) is 10.6 Å². The first-order chi connectivity index (χ1) is 15.0. The quantitative estimate of drug-likeness (QED) is 0.296. The first-order valence-corrected chi connectivity index (χ1v) is 10.3. The molecule has 0 unspecified atom stereocenters. The summed E-state index contributed by atoms with van der Waals surface area (Å²) in [6, 6.07) is 16.9. The molecule has 0 bridgehead atoms. The highest BCUT2D eigenvalue weighted by atomic mass is 35.5. The molecule has 0 aliphatic carbocycles. The molecular weight excluding hydrogens is 410 g/mol. The molecule has 0 spiro atoms. The summed E-state index contributed by atoms with van der Waals surface area (Å²) in [7, 11) is 0. The van der Waals surface area contributed by atoms with Crippen LogP contribution in [-0.2, 0) is 17.9 Å². The van der Waals surface area contributed by atoms with Crippen molar-refractivity contribution in [2.75, 3.05) is 13.2 Å². The summed E-state index contributed by atoms with van der Waals surface area (Å²) in [5, 5.41) is 1.50.